The molecule has 0 spiro atoms. The molecule has 0 radical (unpaired) electrons. The number of benzene rings is 1. The molecule has 0 aliphatic rings. The van der Waals surface area contributed by atoms with E-state index in [0.717, 1.165) is 4.68 Å². The fourth-order valence-electron chi connectivity index (χ4n) is 1.94. The number of aromatic hydroxyl groups is 1. The lowest BCUT2D eigenvalue weighted by Crippen LogP contribution is -2.30. The Bertz CT molecular complexity index is 827. The van der Waals surface area contributed by atoms with E-state index in [9.17, 15) is 27.9 Å². The Morgan fingerprint density at radius 1 is 1.28 bits per heavy atom. The minimum absolute atomic E-state index is 0.0241. The quantitative estimate of drug-likeness (QED) is 0.488. The van der Waals surface area contributed by atoms with E-state index in [2.05, 4.69) is 10.2 Å². The molecule has 132 valence electrons. The lowest BCUT2D eigenvalue weighted by Gasteiger charge is -2.10. The SMILES string of the molecule is Cn1nccc1C(=O)CC(=NNC(=O)c1ccccc1O)C(F)(F)F. The number of halogens is 3. The van der Waals surface area contributed by atoms with Crippen molar-refractivity contribution in [1.82, 2.24) is 15.2 Å². The summed E-state index contributed by atoms with van der Waals surface area (Å²) in [5, 5.41) is 16.2. The molecule has 0 atom stereocenters. The standard InChI is InChI=1S/C15H13F3N4O3/c1-22-10(6-7-19-22)12(24)8-13(15(16,17)18)20-21-14(25)9-4-2-3-5-11(9)23/h2-7,23H,8H2,1H3,(H,21,25). The summed E-state index contributed by atoms with van der Waals surface area (Å²) in [6, 6.07) is 6.57. The van der Waals surface area contributed by atoms with Crippen molar-refractivity contribution in [2.75, 3.05) is 0 Å². The van der Waals surface area contributed by atoms with Crippen LogP contribution in [0.5, 0.6) is 5.75 Å². The normalized spacial score (nSPS) is 12.1. The van der Waals surface area contributed by atoms with Gasteiger partial charge in [0.2, 0.25) is 0 Å². The van der Waals surface area contributed by atoms with Crippen molar-refractivity contribution in [3.05, 3.63) is 47.8 Å². The minimum Gasteiger partial charge on any atom is -0.507 e. The lowest BCUT2D eigenvalue weighted by molar-refractivity contribution is -0.0605. The molecule has 0 unspecified atom stereocenters. The number of para-hydroxylation sites is 1. The Morgan fingerprint density at radius 2 is 1.96 bits per heavy atom. The van der Waals surface area contributed by atoms with E-state index in [1.54, 1.807) is 5.43 Å². The smallest absolute Gasteiger partial charge is 0.431 e. The largest absolute Gasteiger partial charge is 0.507 e. The van der Waals surface area contributed by atoms with Crippen molar-refractivity contribution in [1.29, 1.82) is 0 Å². The molecule has 0 saturated heterocycles. The predicted molar refractivity (Wildman–Crippen MR) is 81.2 cm³/mol. The maximum atomic E-state index is 13.0. The third-order valence-corrected chi connectivity index (χ3v) is 3.20. The third kappa shape index (κ3) is 4.43. The molecule has 0 fully saturated rings. The topological polar surface area (TPSA) is 96.6 Å². The average molecular weight is 354 g/mol. The van der Waals surface area contributed by atoms with Crippen LogP contribution in [-0.4, -0.2) is 38.5 Å². The summed E-state index contributed by atoms with van der Waals surface area (Å²) in [5.74, 6) is -2.30. The maximum Gasteiger partial charge on any atom is 0.431 e. The van der Waals surface area contributed by atoms with Gasteiger partial charge in [-0.25, -0.2) is 5.43 Å². The van der Waals surface area contributed by atoms with Gasteiger partial charge >= 0.3 is 6.18 Å². The average Bonchev–Trinajstić information content (AvgIpc) is 2.96. The molecular weight excluding hydrogens is 341 g/mol. The number of carbonyl (C=O) groups excluding carboxylic acids is 2. The molecule has 0 aliphatic heterocycles. The number of aryl methyl sites for hydroxylation is 1. The van der Waals surface area contributed by atoms with Gasteiger partial charge in [0, 0.05) is 13.2 Å². The number of nitrogens with one attached hydrogen (secondary N) is 1. The Morgan fingerprint density at radius 3 is 2.52 bits per heavy atom. The summed E-state index contributed by atoms with van der Waals surface area (Å²) in [7, 11) is 1.41. The van der Waals surface area contributed by atoms with Crippen LogP contribution in [0, 0.1) is 0 Å². The number of carbonyl (C=O) groups is 2. The Kier molecular flexibility index (Phi) is 5.20. The van der Waals surface area contributed by atoms with Crippen LogP contribution in [0.25, 0.3) is 0 Å². The van der Waals surface area contributed by atoms with Gasteiger partial charge in [-0.15, -0.1) is 0 Å². The molecular formula is C15H13F3N4O3. The van der Waals surface area contributed by atoms with E-state index in [-0.39, 0.29) is 11.3 Å². The number of phenols is 1. The van der Waals surface area contributed by atoms with Gasteiger partial charge in [0.25, 0.3) is 5.91 Å². The van der Waals surface area contributed by atoms with E-state index in [0.29, 0.717) is 0 Å². The van der Waals surface area contributed by atoms with Crippen LogP contribution >= 0.6 is 0 Å². The Balaban J connectivity index is 2.19. The molecule has 2 aromatic rings. The van der Waals surface area contributed by atoms with E-state index in [1.165, 1.54) is 43.6 Å². The summed E-state index contributed by atoms with van der Waals surface area (Å²) in [6.07, 6.45) is -4.71. The molecule has 1 aromatic carbocycles. The minimum atomic E-state index is -4.92. The van der Waals surface area contributed by atoms with Gasteiger partial charge in [0.1, 0.15) is 17.2 Å². The van der Waals surface area contributed by atoms with Gasteiger partial charge in [-0.3, -0.25) is 14.3 Å². The van der Waals surface area contributed by atoms with Crippen LogP contribution in [0.1, 0.15) is 27.3 Å². The van der Waals surface area contributed by atoms with E-state index in [1.807, 2.05) is 0 Å². The van der Waals surface area contributed by atoms with Crippen LogP contribution in [0.2, 0.25) is 0 Å². The number of aromatic nitrogens is 2. The molecule has 2 N–H and O–H groups in total. The Hall–Kier alpha value is -3.17. The third-order valence-electron chi connectivity index (χ3n) is 3.20. The molecule has 2 rings (SSSR count). The zero-order valence-electron chi connectivity index (χ0n) is 12.9. The molecule has 0 aliphatic carbocycles. The second kappa shape index (κ2) is 7.16. The van der Waals surface area contributed by atoms with Crippen LogP contribution in [0.4, 0.5) is 13.2 Å². The predicted octanol–water partition coefficient (Wildman–Crippen LogP) is 2.05. The first-order valence-electron chi connectivity index (χ1n) is 6.93. The van der Waals surface area contributed by atoms with Crippen molar-refractivity contribution >= 4 is 17.4 Å². The number of alkyl halides is 3. The summed E-state index contributed by atoms with van der Waals surface area (Å²) in [4.78, 5) is 23.8. The molecule has 1 aromatic heterocycles. The summed E-state index contributed by atoms with van der Waals surface area (Å²) in [5.41, 5.74) is -0.0326. The number of hydrazone groups is 1. The highest BCUT2D eigenvalue weighted by molar-refractivity contribution is 6.11. The zero-order valence-corrected chi connectivity index (χ0v) is 12.9. The molecule has 10 heteroatoms. The van der Waals surface area contributed by atoms with Crippen molar-refractivity contribution in [3.8, 4) is 5.75 Å². The van der Waals surface area contributed by atoms with Gasteiger partial charge in [-0.2, -0.15) is 23.4 Å². The zero-order chi connectivity index (χ0) is 18.6. The second-order valence-corrected chi connectivity index (χ2v) is 4.95. The number of rotatable bonds is 5. The number of phenolic OH excluding ortho intramolecular Hbond substituents is 1. The van der Waals surface area contributed by atoms with Gasteiger partial charge in [-0.1, -0.05) is 12.1 Å². The van der Waals surface area contributed by atoms with Crippen molar-refractivity contribution < 1.29 is 27.9 Å². The van der Waals surface area contributed by atoms with E-state index >= 15 is 0 Å². The Labute approximate surface area is 139 Å². The van der Waals surface area contributed by atoms with Gasteiger partial charge < -0.3 is 5.11 Å². The number of nitrogens with zero attached hydrogens (tertiary/aromatic N) is 3. The summed E-state index contributed by atoms with van der Waals surface area (Å²) in [6.45, 7) is 0. The van der Waals surface area contributed by atoms with Gasteiger partial charge in [0.15, 0.2) is 5.78 Å². The van der Waals surface area contributed by atoms with Gasteiger partial charge in [-0.05, 0) is 18.2 Å². The fraction of sp³-hybridized carbons (Fsp3) is 0.200. The molecule has 7 nitrogen and oxygen atoms in total. The maximum absolute atomic E-state index is 13.0. The highest BCUT2D eigenvalue weighted by Crippen LogP contribution is 2.21. The number of amides is 1. The number of ketones is 1. The first kappa shape index (κ1) is 18.2. The van der Waals surface area contributed by atoms with Crippen LogP contribution in [-0.2, 0) is 7.05 Å². The van der Waals surface area contributed by atoms with Gasteiger partial charge in [0.05, 0.1) is 12.0 Å². The first-order valence-corrected chi connectivity index (χ1v) is 6.93. The summed E-state index contributed by atoms with van der Waals surface area (Å²) < 4.78 is 40.3. The van der Waals surface area contributed by atoms with Crippen LogP contribution < -0.4 is 5.43 Å². The van der Waals surface area contributed by atoms with Crippen LogP contribution in [0.15, 0.2) is 41.6 Å². The highest BCUT2D eigenvalue weighted by Gasteiger charge is 2.38. The highest BCUT2D eigenvalue weighted by atomic mass is 19.4. The van der Waals surface area contributed by atoms with E-state index < -0.39 is 35.7 Å². The molecule has 25 heavy (non-hydrogen) atoms. The molecule has 0 saturated carbocycles. The lowest BCUT2D eigenvalue weighted by atomic mass is 10.1. The molecule has 1 amide bonds. The number of hydrogen-bond acceptors (Lipinski definition) is 5. The number of hydrogen-bond donors (Lipinski definition) is 2. The molecule has 1 heterocycles. The first-order chi connectivity index (χ1) is 11.7. The fourth-order valence-corrected chi connectivity index (χ4v) is 1.94. The van der Waals surface area contributed by atoms with Crippen molar-refractivity contribution in [2.24, 2.45) is 12.1 Å². The van der Waals surface area contributed by atoms with Crippen molar-refractivity contribution in [2.45, 2.75) is 12.6 Å². The van der Waals surface area contributed by atoms with Crippen LogP contribution in [0.3, 0.4) is 0 Å². The monoisotopic (exact) mass is 354 g/mol. The molecule has 0 bridgehead atoms. The van der Waals surface area contributed by atoms with Crippen molar-refractivity contribution in [3.63, 3.8) is 0 Å². The second-order valence-electron chi connectivity index (χ2n) is 4.95. The number of Topliss-reactive ketones (excluding diaryl/α,β-unsaturated/α-hetero) is 1. The van der Waals surface area contributed by atoms with E-state index in [4.69, 9.17) is 0 Å². The summed E-state index contributed by atoms with van der Waals surface area (Å²) >= 11 is 0.